The van der Waals surface area contributed by atoms with Gasteiger partial charge in [0.25, 0.3) is 11.5 Å². The summed E-state index contributed by atoms with van der Waals surface area (Å²) in [5, 5.41) is 21.8. The Balaban J connectivity index is 2.27. The first-order chi connectivity index (χ1) is 13.4. The van der Waals surface area contributed by atoms with E-state index in [2.05, 4.69) is 5.32 Å². The Bertz CT molecular complexity index is 1110. The molecule has 2 aromatic carbocycles. The number of amides is 1. The third-order valence-electron chi connectivity index (χ3n) is 4.26. The van der Waals surface area contributed by atoms with Gasteiger partial charge in [0, 0.05) is 0 Å². The molecule has 0 aliphatic rings. The fourth-order valence-corrected chi connectivity index (χ4v) is 3.00. The molecule has 3 aromatic rings. The minimum absolute atomic E-state index is 0.156. The number of nitrogens with one attached hydrogen (secondary N) is 1. The number of hydrogen-bond donors (Lipinski definition) is 3. The second-order valence-electron chi connectivity index (χ2n) is 6.03. The van der Waals surface area contributed by atoms with Crippen LogP contribution >= 0.6 is 0 Å². The normalized spacial score (nSPS) is 10.6. The van der Waals surface area contributed by atoms with Gasteiger partial charge in [-0.25, -0.2) is 0 Å². The summed E-state index contributed by atoms with van der Waals surface area (Å²) >= 11 is 0. The molecular weight excluding hydrogens is 364 g/mol. The number of carbonyl (C=O) groups excluding carboxylic acids is 1. The molecule has 0 bridgehead atoms. The quantitative estimate of drug-likeness (QED) is 0.596. The predicted octanol–water partition coefficient (Wildman–Crippen LogP) is 1.58. The van der Waals surface area contributed by atoms with Crippen LogP contribution in [0.2, 0.25) is 0 Å². The SMILES string of the molecule is COc1cccc2c1c(O)c(C(=O)NCC(=O)O)c(=O)n2Cc1ccccc1. The van der Waals surface area contributed by atoms with Crippen molar-refractivity contribution < 1.29 is 24.5 Å². The first kappa shape index (κ1) is 19.0. The lowest BCUT2D eigenvalue weighted by atomic mass is 10.1. The lowest BCUT2D eigenvalue weighted by Crippen LogP contribution is -2.36. The number of aromatic hydroxyl groups is 1. The number of carbonyl (C=O) groups is 2. The maximum absolute atomic E-state index is 13.0. The van der Waals surface area contributed by atoms with E-state index in [9.17, 15) is 19.5 Å². The summed E-state index contributed by atoms with van der Waals surface area (Å²) in [4.78, 5) is 36.2. The van der Waals surface area contributed by atoms with Gasteiger partial charge in [-0.3, -0.25) is 14.4 Å². The molecule has 0 aliphatic carbocycles. The Morgan fingerprint density at radius 3 is 2.46 bits per heavy atom. The topological polar surface area (TPSA) is 118 Å². The van der Waals surface area contributed by atoms with E-state index in [1.165, 1.54) is 11.7 Å². The summed E-state index contributed by atoms with van der Waals surface area (Å²) in [6, 6.07) is 14.1. The zero-order valence-electron chi connectivity index (χ0n) is 15.0. The van der Waals surface area contributed by atoms with Gasteiger partial charge in [-0.05, 0) is 17.7 Å². The number of aromatic nitrogens is 1. The van der Waals surface area contributed by atoms with Gasteiger partial charge in [0.1, 0.15) is 23.6 Å². The Morgan fingerprint density at radius 2 is 1.82 bits per heavy atom. The van der Waals surface area contributed by atoms with Crippen LogP contribution in [0.15, 0.2) is 53.3 Å². The molecule has 28 heavy (non-hydrogen) atoms. The van der Waals surface area contributed by atoms with Gasteiger partial charge in [0.15, 0.2) is 0 Å². The molecule has 0 fully saturated rings. The standard InChI is InChI=1S/C20H18N2O6/c1-28-14-9-5-8-13-16(14)18(25)17(19(26)21-10-15(23)24)20(27)22(13)11-12-6-3-2-4-7-12/h2-9,25H,10-11H2,1H3,(H,21,26)(H,23,24). The van der Waals surface area contributed by atoms with Crippen molar-refractivity contribution in [1.29, 1.82) is 0 Å². The largest absolute Gasteiger partial charge is 0.506 e. The van der Waals surface area contributed by atoms with Crippen molar-refractivity contribution in [2.24, 2.45) is 0 Å². The molecule has 0 saturated heterocycles. The predicted molar refractivity (Wildman–Crippen MR) is 102 cm³/mol. The van der Waals surface area contributed by atoms with E-state index in [1.807, 2.05) is 30.3 Å². The van der Waals surface area contributed by atoms with Gasteiger partial charge in [-0.15, -0.1) is 0 Å². The second kappa shape index (κ2) is 7.83. The monoisotopic (exact) mass is 382 g/mol. The fourth-order valence-electron chi connectivity index (χ4n) is 3.00. The van der Waals surface area contributed by atoms with Crippen LogP contribution in [0.1, 0.15) is 15.9 Å². The number of rotatable bonds is 6. The summed E-state index contributed by atoms with van der Waals surface area (Å²) in [6.07, 6.45) is 0. The van der Waals surface area contributed by atoms with Crippen LogP contribution in [0.3, 0.4) is 0 Å². The average molecular weight is 382 g/mol. The van der Waals surface area contributed by atoms with Crippen molar-refractivity contribution in [1.82, 2.24) is 9.88 Å². The van der Waals surface area contributed by atoms with Crippen LogP contribution in [-0.4, -0.2) is 40.3 Å². The van der Waals surface area contributed by atoms with Crippen molar-refractivity contribution in [2.75, 3.05) is 13.7 Å². The highest BCUT2D eigenvalue weighted by atomic mass is 16.5. The zero-order valence-corrected chi connectivity index (χ0v) is 15.0. The number of pyridine rings is 1. The van der Waals surface area contributed by atoms with E-state index in [0.29, 0.717) is 5.52 Å². The summed E-state index contributed by atoms with van der Waals surface area (Å²) in [5.41, 5.74) is -0.0593. The molecule has 1 heterocycles. The first-order valence-corrected chi connectivity index (χ1v) is 8.40. The van der Waals surface area contributed by atoms with Gasteiger partial charge in [-0.1, -0.05) is 36.4 Å². The van der Waals surface area contributed by atoms with Crippen LogP contribution in [0.5, 0.6) is 11.5 Å². The smallest absolute Gasteiger partial charge is 0.322 e. The number of carboxylic acid groups (broad SMARTS) is 1. The lowest BCUT2D eigenvalue weighted by molar-refractivity contribution is -0.135. The zero-order chi connectivity index (χ0) is 20.3. The molecule has 0 unspecified atom stereocenters. The Morgan fingerprint density at radius 1 is 1.11 bits per heavy atom. The van der Waals surface area contributed by atoms with Crippen molar-refractivity contribution in [3.05, 3.63) is 70.0 Å². The molecule has 0 atom stereocenters. The molecule has 144 valence electrons. The number of benzene rings is 2. The van der Waals surface area contributed by atoms with Crippen molar-refractivity contribution >= 4 is 22.8 Å². The average Bonchev–Trinajstić information content (AvgIpc) is 2.69. The maximum Gasteiger partial charge on any atom is 0.322 e. The molecule has 8 heteroatoms. The van der Waals surface area contributed by atoms with Crippen molar-refractivity contribution in [2.45, 2.75) is 6.54 Å². The summed E-state index contributed by atoms with van der Waals surface area (Å²) in [5.74, 6) is -2.51. The van der Waals surface area contributed by atoms with Crippen LogP contribution < -0.4 is 15.6 Å². The number of ether oxygens (including phenoxy) is 1. The minimum atomic E-state index is -1.27. The molecule has 0 spiro atoms. The molecule has 3 rings (SSSR count). The number of nitrogens with zero attached hydrogens (tertiary/aromatic N) is 1. The number of carboxylic acids is 1. The molecule has 3 N–H and O–H groups in total. The Hall–Kier alpha value is -3.81. The molecule has 0 aliphatic heterocycles. The molecule has 1 aromatic heterocycles. The van der Waals surface area contributed by atoms with Crippen LogP contribution in [0.4, 0.5) is 0 Å². The van der Waals surface area contributed by atoms with Crippen molar-refractivity contribution in [3.8, 4) is 11.5 Å². The first-order valence-electron chi connectivity index (χ1n) is 8.40. The Labute approximate surface area is 159 Å². The number of aliphatic carboxylic acids is 1. The van der Waals surface area contributed by atoms with Gasteiger partial charge >= 0.3 is 5.97 Å². The van der Waals surface area contributed by atoms with Gasteiger partial charge in [0.05, 0.1) is 24.6 Å². The lowest BCUT2D eigenvalue weighted by Gasteiger charge is -2.16. The molecule has 0 saturated carbocycles. The summed E-state index contributed by atoms with van der Waals surface area (Å²) < 4.78 is 6.63. The van der Waals surface area contributed by atoms with E-state index >= 15 is 0 Å². The van der Waals surface area contributed by atoms with Gasteiger partial charge in [-0.2, -0.15) is 0 Å². The number of methoxy groups -OCH3 is 1. The van der Waals surface area contributed by atoms with E-state index < -0.39 is 35.3 Å². The molecular formula is C20H18N2O6. The van der Waals surface area contributed by atoms with E-state index in [-0.39, 0.29) is 17.7 Å². The maximum atomic E-state index is 13.0. The summed E-state index contributed by atoms with van der Waals surface area (Å²) in [7, 11) is 1.41. The van der Waals surface area contributed by atoms with E-state index in [4.69, 9.17) is 9.84 Å². The molecule has 0 radical (unpaired) electrons. The number of fused-ring (bicyclic) bond motifs is 1. The number of hydrogen-bond acceptors (Lipinski definition) is 5. The Kier molecular flexibility index (Phi) is 5.30. The fraction of sp³-hybridized carbons (Fsp3) is 0.150. The highest BCUT2D eigenvalue weighted by Gasteiger charge is 2.24. The highest BCUT2D eigenvalue weighted by Crippen LogP contribution is 2.34. The van der Waals surface area contributed by atoms with Crippen LogP contribution in [-0.2, 0) is 11.3 Å². The molecule has 1 amide bonds. The third kappa shape index (κ3) is 3.52. The van der Waals surface area contributed by atoms with Crippen LogP contribution in [0.25, 0.3) is 10.9 Å². The van der Waals surface area contributed by atoms with Gasteiger partial charge < -0.3 is 24.8 Å². The second-order valence-corrected chi connectivity index (χ2v) is 6.03. The summed E-state index contributed by atoms with van der Waals surface area (Å²) in [6.45, 7) is -0.525. The van der Waals surface area contributed by atoms with Crippen molar-refractivity contribution in [3.63, 3.8) is 0 Å². The third-order valence-corrected chi connectivity index (χ3v) is 4.26. The molecule has 8 nitrogen and oxygen atoms in total. The highest BCUT2D eigenvalue weighted by molar-refractivity contribution is 6.04. The van der Waals surface area contributed by atoms with E-state index in [0.717, 1.165) is 5.56 Å². The minimum Gasteiger partial charge on any atom is -0.506 e. The van der Waals surface area contributed by atoms with Crippen LogP contribution in [0, 0.1) is 0 Å². The van der Waals surface area contributed by atoms with E-state index in [1.54, 1.807) is 18.2 Å². The van der Waals surface area contributed by atoms with Gasteiger partial charge in [0.2, 0.25) is 0 Å².